The molecule has 1 aliphatic heterocycles. The molecular weight excluding hydrogens is 449 g/mol. The van der Waals surface area contributed by atoms with Gasteiger partial charge in [-0.05, 0) is 49.2 Å². The number of alkyl halides is 3. The van der Waals surface area contributed by atoms with Crippen molar-refractivity contribution in [3.63, 3.8) is 0 Å². The van der Waals surface area contributed by atoms with Crippen molar-refractivity contribution >= 4 is 40.9 Å². The van der Waals surface area contributed by atoms with Crippen LogP contribution in [0.2, 0.25) is 5.02 Å². The second-order valence-electron chi connectivity index (χ2n) is 7.18. The molecule has 0 spiro atoms. The molecule has 0 aliphatic carbocycles. The van der Waals surface area contributed by atoms with E-state index in [1.807, 2.05) is 12.1 Å². The largest absolute Gasteiger partial charge is 0.417 e. The van der Waals surface area contributed by atoms with E-state index >= 15 is 0 Å². The molecule has 11 heteroatoms. The first-order chi connectivity index (χ1) is 14.8. The molecular formula is C20H20ClF3N6S. The van der Waals surface area contributed by atoms with Gasteiger partial charge in [-0.1, -0.05) is 23.7 Å². The van der Waals surface area contributed by atoms with E-state index in [4.69, 9.17) is 17.3 Å². The van der Waals surface area contributed by atoms with Crippen LogP contribution in [-0.4, -0.2) is 33.5 Å². The van der Waals surface area contributed by atoms with Crippen LogP contribution < -0.4 is 16.4 Å². The zero-order chi connectivity index (χ0) is 22.0. The predicted octanol–water partition coefficient (Wildman–Crippen LogP) is 5.31. The fourth-order valence-electron chi connectivity index (χ4n) is 3.47. The second-order valence-corrected chi connectivity index (χ2v) is 8.68. The van der Waals surface area contributed by atoms with Crippen molar-refractivity contribution < 1.29 is 13.2 Å². The van der Waals surface area contributed by atoms with E-state index in [9.17, 15) is 13.2 Å². The molecule has 2 heterocycles. The van der Waals surface area contributed by atoms with Gasteiger partial charge in [0.25, 0.3) is 0 Å². The smallest absolute Gasteiger partial charge is 0.368 e. The molecule has 0 radical (unpaired) electrons. The molecule has 31 heavy (non-hydrogen) atoms. The zero-order valence-corrected chi connectivity index (χ0v) is 17.8. The van der Waals surface area contributed by atoms with Crippen LogP contribution in [0.4, 0.5) is 30.8 Å². The third kappa shape index (κ3) is 5.25. The van der Waals surface area contributed by atoms with Crippen molar-refractivity contribution in [3.8, 4) is 11.1 Å². The lowest BCUT2D eigenvalue weighted by atomic mass is 9.98. The number of nitrogens with two attached hydrogens (primary N) is 1. The molecule has 1 fully saturated rings. The summed E-state index contributed by atoms with van der Waals surface area (Å²) in [6, 6.07) is 9.88. The highest BCUT2D eigenvalue weighted by Crippen LogP contribution is 2.43. The van der Waals surface area contributed by atoms with E-state index in [1.54, 1.807) is 23.9 Å². The molecule has 5 N–H and O–H groups in total. The number of rotatable bonds is 6. The first-order valence-electron chi connectivity index (χ1n) is 9.62. The average molecular weight is 469 g/mol. The minimum absolute atomic E-state index is 0.0311. The topological polar surface area (TPSA) is 91.7 Å². The molecule has 164 valence electrons. The van der Waals surface area contributed by atoms with E-state index in [0.717, 1.165) is 29.7 Å². The Morgan fingerprint density at radius 1 is 1.23 bits per heavy atom. The zero-order valence-electron chi connectivity index (χ0n) is 16.3. The number of hydrogen-bond donors (Lipinski definition) is 4. The molecule has 1 aromatic heterocycles. The number of H-pyrrole nitrogens is 1. The Hall–Kier alpha value is -2.43. The Morgan fingerprint density at radius 2 is 2.00 bits per heavy atom. The monoisotopic (exact) mass is 468 g/mol. The maximum atomic E-state index is 13.9. The number of aromatic nitrogens is 3. The van der Waals surface area contributed by atoms with Gasteiger partial charge >= 0.3 is 6.18 Å². The number of benzene rings is 2. The minimum Gasteiger partial charge on any atom is -0.368 e. The van der Waals surface area contributed by atoms with Crippen LogP contribution in [0.3, 0.4) is 0 Å². The number of halogens is 4. The Balaban J connectivity index is 1.60. The highest BCUT2D eigenvalue weighted by atomic mass is 35.5. The summed E-state index contributed by atoms with van der Waals surface area (Å²) in [4.78, 5) is 4.84. The van der Waals surface area contributed by atoms with Gasteiger partial charge in [0, 0.05) is 27.9 Å². The number of nitrogen functional groups attached to an aromatic ring is 1. The van der Waals surface area contributed by atoms with Crippen molar-refractivity contribution in [2.45, 2.75) is 30.0 Å². The van der Waals surface area contributed by atoms with Crippen LogP contribution in [0.1, 0.15) is 18.4 Å². The highest BCUT2D eigenvalue weighted by molar-refractivity contribution is 7.99. The van der Waals surface area contributed by atoms with E-state index in [2.05, 4.69) is 25.8 Å². The van der Waals surface area contributed by atoms with Crippen LogP contribution in [0.25, 0.3) is 11.1 Å². The molecule has 4 rings (SSSR count). The van der Waals surface area contributed by atoms with Crippen molar-refractivity contribution in [3.05, 3.63) is 47.0 Å². The molecule has 2 aromatic carbocycles. The first kappa shape index (κ1) is 21.8. The van der Waals surface area contributed by atoms with E-state index in [-0.39, 0.29) is 28.2 Å². The Kier molecular flexibility index (Phi) is 6.31. The van der Waals surface area contributed by atoms with E-state index in [1.165, 1.54) is 12.5 Å². The van der Waals surface area contributed by atoms with Crippen molar-refractivity contribution in [1.82, 2.24) is 20.5 Å². The van der Waals surface area contributed by atoms with Crippen LogP contribution in [-0.2, 0) is 6.18 Å². The molecule has 3 aromatic rings. The molecule has 1 aliphatic rings. The number of hydrogen-bond acceptors (Lipinski definition) is 6. The van der Waals surface area contributed by atoms with Gasteiger partial charge in [0.1, 0.15) is 0 Å². The van der Waals surface area contributed by atoms with Crippen molar-refractivity contribution in [2.24, 2.45) is 0 Å². The second kappa shape index (κ2) is 8.97. The molecule has 0 unspecified atom stereocenters. The summed E-state index contributed by atoms with van der Waals surface area (Å²) in [7, 11) is 0. The normalized spacial score (nSPS) is 16.6. The van der Waals surface area contributed by atoms with Gasteiger partial charge in [0.05, 0.1) is 10.6 Å². The summed E-state index contributed by atoms with van der Waals surface area (Å²) < 4.78 is 41.6. The quantitative estimate of drug-likeness (QED) is 0.366. The third-order valence-corrected chi connectivity index (χ3v) is 6.38. The van der Waals surface area contributed by atoms with Crippen LogP contribution >= 0.6 is 23.4 Å². The molecule has 0 bridgehead atoms. The summed E-state index contributed by atoms with van der Waals surface area (Å²) in [6.45, 7) is 1.04. The van der Waals surface area contributed by atoms with Gasteiger partial charge in [0.2, 0.25) is 11.9 Å². The van der Waals surface area contributed by atoms with E-state index in [0.29, 0.717) is 11.6 Å². The first-order valence-corrected chi connectivity index (χ1v) is 11.0. The van der Waals surface area contributed by atoms with Gasteiger partial charge in [-0.2, -0.15) is 18.2 Å². The lowest BCUT2D eigenvalue weighted by Gasteiger charge is -2.17. The molecule has 0 amide bonds. The molecule has 1 atom stereocenters. The van der Waals surface area contributed by atoms with Gasteiger partial charge in [-0.15, -0.1) is 16.9 Å². The number of anilines is 3. The summed E-state index contributed by atoms with van der Waals surface area (Å²) in [5.74, 6) is 1.02. The summed E-state index contributed by atoms with van der Waals surface area (Å²) in [5.41, 5.74) is 5.04. The fourth-order valence-corrected chi connectivity index (χ4v) is 4.80. The maximum Gasteiger partial charge on any atom is 0.417 e. The highest BCUT2D eigenvalue weighted by Gasteiger charge is 2.35. The van der Waals surface area contributed by atoms with Gasteiger partial charge < -0.3 is 16.4 Å². The Bertz CT molecular complexity index is 1050. The standard InChI is InChI=1S/C20H20ClF3N6S/c21-16-9-13(27-19-28-18(25)29-30-19)8-15(20(22,23)24)17(16)11-3-5-14(6-4-11)31-10-12-2-1-7-26-12/h3-6,8-9,12,26H,1-2,7,10H2,(H4,25,27,28,29,30)/t12-/m0/s1. The van der Waals surface area contributed by atoms with Crippen LogP contribution in [0.15, 0.2) is 41.3 Å². The van der Waals surface area contributed by atoms with Crippen molar-refractivity contribution in [1.29, 1.82) is 0 Å². The van der Waals surface area contributed by atoms with Gasteiger partial charge in [0.15, 0.2) is 0 Å². The number of nitrogens with zero attached hydrogens (tertiary/aromatic N) is 2. The molecule has 1 saturated heterocycles. The number of nitrogens with one attached hydrogen (secondary N) is 3. The molecule has 6 nitrogen and oxygen atoms in total. The van der Waals surface area contributed by atoms with E-state index < -0.39 is 11.7 Å². The summed E-state index contributed by atoms with van der Waals surface area (Å²) in [5, 5.41) is 12.3. The summed E-state index contributed by atoms with van der Waals surface area (Å²) >= 11 is 7.99. The average Bonchev–Trinajstić information content (AvgIpc) is 3.37. The lowest BCUT2D eigenvalue weighted by molar-refractivity contribution is -0.137. The van der Waals surface area contributed by atoms with Gasteiger partial charge in [-0.25, -0.2) is 5.10 Å². The predicted molar refractivity (Wildman–Crippen MR) is 118 cm³/mol. The van der Waals surface area contributed by atoms with Crippen LogP contribution in [0, 0.1) is 0 Å². The van der Waals surface area contributed by atoms with Crippen LogP contribution in [0.5, 0.6) is 0 Å². The fraction of sp³-hybridized carbons (Fsp3) is 0.300. The number of aromatic amines is 1. The Morgan fingerprint density at radius 3 is 2.61 bits per heavy atom. The molecule has 0 saturated carbocycles. The Labute approximate surface area is 186 Å². The minimum atomic E-state index is -4.60. The maximum absolute atomic E-state index is 13.9. The number of thioether (sulfide) groups is 1. The third-order valence-electron chi connectivity index (χ3n) is 4.91. The SMILES string of the molecule is Nc1nc(Nc2cc(Cl)c(-c3ccc(SC[C@@H]4CCCN4)cc3)c(C(F)(F)F)c2)n[nH]1. The lowest BCUT2D eigenvalue weighted by Crippen LogP contribution is -2.23. The summed E-state index contributed by atoms with van der Waals surface area (Å²) in [6.07, 6.45) is -2.27. The van der Waals surface area contributed by atoms with Crippen molar-refractivity contribution in [2.75, 3.05) is 23.3 Å². The van der Waals surface area contributed by atoms with Gasteiger partial charge in [-0.3, -0.25) is 0 Å².